The summed E-state index contributed by atoms with van der Waals surface area (Å²) in [5.41, 5.74) is -1.88. The number of alkyl halides is 6. The van der Waals surface area contributed by atoms with Crippen molar-refractivity contribution in [3.8, 4) is 16.9 Å². The van der Waals surface area contributed by atoms with Gasteiger partial charge >= 0.3 is 18.4 Å². The minimum Gasteiger partial charge on any atom is -0.496 e. The van der Waals surface area contributed by atoms with Gasteiger partial charge in [-0.1, -0.05) is 36.6 Å². The second-order valence-electron chi connectivity index (χ2n) is 15.1. The Hall–Kier alpha value is -5.15. The van der Waals surface area contributed by atoms with Gasteiger partial charge in [-0.25, -0.2) is 13.6 Å². The molecule has 7 rings (SSSR count). The minimum absolute atomic E-state index is 0.00973. The number of hydrogen-bond donors (Lipinski definition) is 3. The average molecular weight is 806 g/mol. The number of fused-ring (bicyclic) bond motifs is 2. The molecule has 3 aromatic carbocycles. The molecule has 16 heteroatoms. The van der Waals surface area contributed by atoms with Crippen LogP contribution >= 0.6 is 0 Å². The van der Waals surface area contributed by atoms with Crippen molar-refractivity contribution in [1.29, 1.82) is 0 Å². The molecule has 3 amide bonds. The highest BCUT2D eigenvalue weighted by Crippen LogP contribution is 2.54. The summed E-state index contributed by atoms with van der Waals surface area (Å²) in [6.07, 6.45) is -5.49. The molecule has 3 unspecified atom stereocenters. The Bertz CT molecular complexity index is 2080. The van der Waals surface area contributed by atoms with E-state index in [0.717, 1.165) is 55.5 Å². The van der Waals surface area contributed by atoms with E-state index in [-0.39, 0.29) is 51.9 Å². The largest absolute Gasteiger partial charge is 0.496 e. The first-order chi connectivity index (χ1) is 27.0. The smallest absolute Gasteiger partial charge is 0.429 e. The average Bonchev–Trinajstić information content (AvgIpc) is 3.52. The van der Waals surface area contributed by atoms with E-state index in [2.05, 4.69) is 22.0 Å². The molecule has 0 aromatic heterocycles. The number of benzene rings is 3. The van der Waals surface area contributed by atoms with Gasteiger partial charge < -0.3 is 25.4 Å². The van der Waals surface area contributed by atoms with Crippen LogP contribution in [0.2, 0.25) is 0 Å². The molecular formula is C41H39F8N3O5. The molecule has 3 aromatic rings. The number of ether oxygens (including phenoxy) is 2. The second kappa shape index (κ2) is 15.7. The van der Waals surface area contributed by atoms with E-state index >= 15 is 4.39 Å². The van der Waals surface area contributed by atoms with Gasteiger partial charge in [0, 0.05) is 34.8 Å². The molecule has 0 aliphatic heterocycles. The first kappa shape index (κ1) is 40.1. The van der Waals surface area contributed by atoms with E-state index in [1.54, 1.807) is 0 Å². The third-order valence-electron chi connectivity index (χ3n) is 11.3. The van der Waals surface area contributed by atoms with Gasteiger partial charge in [-0.05, 0) is 98.4 Å². The van der Waals surface area contributed by atoms with Crippen LogP contribution in [0.15, 0.2) is 66.2 Å². The number of hydrogen-bond acceptors (Lipinski definition) is 5. The highest BCUT2D eigenvalue weighted by Gasteiger charge is 2.55. The van der Waals surface area contributed by atoms with Crippen molar-refractivity contribution in [3.05, 3.63) is 94.6 Å². The molecule has 0 heterocycles. The predicted octanol–water partition coefficient (Wildman–Crippen LogP) is 9.66. The number of alkyl carbamates (subject to hydrolysis) is 1. The molecule has 2 bridgehead atoms. The number of anilines is 1. The van der Waals surface area contributed by atoms with Crippen LogP contribution in [0.3, 0.4) is 0 Å². The summed E-state index contributed by atoms with van der Waals surface area (Å²) < 4.78 is 123. The SMILES string of the molecule is COc1ccc(-c2cc([C@H](OC(=O)NC3CC3)C(F)(F)F)ccc2F)cc1C(=O)NC1C2CCC(/C2=C/C2CCCC2)[C@@H]1C(=O)Nc1ccc(F)c(C(F)(F)F)c1. The van der Waals surface area contributed by atoms with Crippen LogP contribution in [0.1, 0.15) is 79.0 Å². The monoisotopic (exact) mass is 805 g/mol. The number of carbonyl (C=O) groups excluding carboxylic acids is 3. The Labute approximate surface area is 322 Å². The first-order valence-corrected chi connectivity index (χ1v) is 18.7. The highest BCUT2D eigenvalue weighted by atomic mass is 19.4. The van der Waals surface area contributed by atoms with Crippen LogP contribution in [0.25, 0.3) is 11.1 Å². The summed E-state index contributed by atoms with van der Waals surface area (Å²) in [5, 5.41) is 7.77. The van der Waals surface area contributed by atoms with Gasteiger partial charge in [0.25, 0.3) is 5.91 Å². The molecule has 4 saturated carbocycles. The molecule has 0 saturated heterocycles. The topological polar surface area (TPSA) is 106 Å². The standard InChI is InChI=1S/C41H39F8N3O5/c1-56-33-15-7-21(27-18-22(6-13-31(27)42)36(41(47,48)49)57-39(55)51-23-8-9-23)17-29(33)37(53)52-35-26-12-11-25(28(26)16-20-4-2-3-5-20)34(35)38(54)50-24-10-14-32(43)30(19-24)40(44,45)46/h6-7,10,13-20,23,25-26,34-36H,2-5,8-9,11-12H2,1H3,(H,50,54)(H,51,55)(H,52,53)/b28-16-/t25?,26?,34-,35?,36-/m0/s1. The van der Waals surface area contributed by atoms with Crippen LogP contribution in [-0.2, 0) is 15.7 Å². The number of halogens is 8. The Balaban J connectivity index is 1.19. The first-order valence-electron chi connectivity index (χ1n) is 18.7. The third-order valence-corrected chi connectivity index (χ3v) is 11.3. The lowest BCUT2D eigenvalue weighted by Crippen LogP contribution is -2.48. The maximum absolute atomic E-state index is 15.4. The zero-order valence-corrected chi connectivity index (χ0v) is 30.5. The van der Waals surface area contributed by atoms with Crippen LogP contribution in [0.5, 0.6) is 5.75 Å². The zero-order valence-electron chi connectivity index (χ0n) is 30.5. The van der Waals surface area contributed by atoms with E-state index in [1.165, 1.54) is 25.3 Å². The predicted molar refractivity (Wildman–Crippen MR) is 191 cm³/mol. The number of carbonyl (C=O) groups is 3. The van der Waals surface area contributed by atoms with Gasteiger partial charge in [0.05, 0.1) is 24.2 Å². The van der Waals surface area contributed by atoms with E-state index < -0.39 is 71.1 Å². The summed E-state index contributed by atoms with van der Waals surface area (Å²) in [6.45, 7) is 0. The van der Waals surface area contributed by atoms with Crippen molar-refractivity contribution in [2.75, 3.05) is 12.4 Å². The maximum Gasteiger partial charge on any atom is 0.429 e. The number of amides is 3. The summed E-state index contributed by atoms with van der Waals surface area (Å²) >= 11 is 0. The Morgan fingerprint density at radius 2 is 1.51 bits per heavy atom. The lowest BCUT2D eigenvalue weighted by molar-refractivity contribution is -0.206. The van der Waals surface area contributed by atoms with Crippen molar-refractivity contribution in [3.63, 3.8) is 0 Å². The molecule has 3 N–H and O–H groups in total. The van der Waals surface area contributed by atoms with E-state index in [0.29, 0.717) is 37.8 Å². The summed E-state index contributed by atoms with van der Waals surface area (Å²) in [5.74, 6) is -5.13. The maximum atomic E-state index is 15.4. The number of allylic oxidation sites excluding steroid dienone is 1. The summed E-state index contributed by atoms with van der Waals surface area (Å²) in [6, 6.07) is 7.47. The fourth-order valence-corrected chi connectivity index (χ4v) is 8.54. The Kier molecular flexibility index (Phi) is 11.0. The summed E-state index contributed by atoms with van der Waals surface area (Å²) in [7, 11) is 1.28. The molecule has 4 fully saturated rings. The lowest BCUT2D eigenvalue weighted by Gasteiger charge is -2.30. The number of nitrogens with one attached hydrogen (secondary N) is 3. The van der Waals surface area contributed by atoms with Crippen molar-refractivity contribution in [2.24, 2.45) is 23.7 Å². The van der Waals surface area contributed by atoms with Gasteiger partial charge in [0.1, 0.15) is 17.4 Å². The van der Waals surface area contributed by atoms with Crippen LogP contribution in [0.4, 0.5) is 45.6 Å². The second-order valence-corrected chi connectivity index (χ2v) is 15.1. The van der Waals surface area contributed by atoms with Gasteiger partial charge in [-0.3, -0.25) is 9.59 Å². The van der Waals surface area contributed by atoms with Gasteiger partial charge in [0.15, 0.2) is 0 Å². The quantitative estimate of drug-likeness (QED) is 0.140. The van der Waals surface area contributed by atoms with E-state index in [1.807, 2.05) is 0 Å². The number of methoxy groups -OCH3 is 1. The fraction of sp³-hybridized carbons (Fsp3) is 0.439. The molecule has 57 heavy (non-hydrogen) atoms. The molecule has 304 valence electrons. The van der Waals surface area contributed by atoms with Crippen LogP contribution in [-0.4, -0.2) is 43.3 Å². The van der Waals surface area contributed by atoms with E-state index in [4.69, 9.17) is 9.47 Å². The zero-order chi connectivity index (χ0) is 40.8. The minimum atomic E-state index is -5.05. The van der Waals surface area contributed by atoms with Crippen LogP contribution in [0, 0.1) is 35.3 Å². The Morgan fingerprint density at radius 1 is 0.807 bits per heavy atom. The van der Waals surface area contributed by atoms with Crippen LogP contribution < -0.4 is 20.7 Å². The van der Waals surface area contributed by atoms with Crippen molar-refractivity contribution in [2.45, 2.75) is 81.9 Å². The normalized spacial score (nSPS) is 23.4. The van der Waals surface area contributed by atoms with Crippen molar-refractivity contribution < 1.29 is 59.0 Å². The molecule has 0 radical (unpaired) electrons. The summed E-state index contributed by atoms with van der Waals surface area (Å²) in [4.78, 5) is 40.4. The molecule has 5 atom stereocenters. The van der Waals surface area contributed by atoms with Gasteiger partial charge in [-0.2, -0.15) is 26.3 Å². The molecule has 8 nitrogen and oxygen atoms in total. The highest BCUT2D eigenvalue weighted by molar-refractivity contribution is 6.00. The van der Waals surface area contributed by atoms with Gasteiger partial charge in [0.2, 0.25) is 12.0 Å². The third kappa shape index (κ3) is 8.59. The van der Waals surface area contributed by atoms with E-state index in [9.17, 15) is 45.1 Å². The molecule has 4 aliphatic carbocycles. The molecular weight excluding hydrogens is 766 g/mol. The fourth-order valence-electron chi connectivity index (χ4n) is 8.54. The van der Waals surface area contributed by atoms with Gasteiger partial charge in [-0.15, -0.1) is 0 Å². The molecule has 0 spiro atoms. The van der Waals surface area contributed by atoms with Crippen molar-refractivity contribution >= 4 is 23.6 Å². The number of rotatable bonds is 10. The molecule has 4 aliphatic rings. The van der Waals surface area contributed by atoms with Crippen molar-refractivity contribution in [1.82, 2.24) is 10.6 Å². The lowest BCUT2D eigenvalue weighted by atomic mass is 9.83. The Morgan fingerprint density at radius 3 is 2.18 bits per heavy atom.